The average Bonchev–Trinajstić information content (AvgIpc) is 2.41. The van der Waals surface area contributed by atoms with Crippen LogP contribution in [0.2, 0.25) is 10.0 Å². The largest absolute Gasteiger partial charge is 0.387 e. The second-order valence-electron chi connectivity index (χ2n) is 4.32. The zero-order valence-electron chi connectivity index (χ0n) is 10.3. The number of aliphatic hydroxyl groups excluding tert-OH is 1. The molecule has 2 rings (SSSR count). The molecule has 100 valence electrons. The van der Waals surface area contributed by atoms with E-state index in [9.17, 15) is 5.11 Å². The Morgan fingerprint density at radius 3 is 2.00 bits per heavy atom. The van der Waals surface area contributed by atoms with Crippen LogP contribution in [0, 0.1) is 0 Å². The predicted octanol–water partition coefficient (Wildman–Crippen LogP) is 3.82. The van der Waals surface area contributed by atoms with Crippen molar-refractivity contribution in [2.24, 2.45) is 0 Å². The van der Waals surface area contributed by atoms with Gasteiger partial charge in [-0.25, -0.2) is 0 Å². The Morgan fingerprint density at radius 1 is 0.895 bits per heavy atom. The highest BCUT2D eigenvalue weighted by Gasteiger charge is 2.06. The number of rotatable bonds is 5. The molecular formula is C15H15Cl2NO. The van der Waals surface area contributed by atoms with Crippen LogP contribution in [0.5, 0.6) is 0 Å². The summed E-state index contributed by atoms with van der Waals surface area (Å²) < 4.78 is 0. The second-order valence-corrected chi connectivity index (χ2v) is 5.20. The summed E-state index contributed by atoms with van der Waals surface area (Å²) in [5.74, 6) is 0. The predicted molar refractivity (Wildman–Crippen MR) is 79.6 cm³/mol. The Hall–Kier alpha value is -1.06. The maximum absolute atomic E-state index is 10.0. The van der Waals surface area contributed by atoms with Crippen molar-refractivity contribution in [1.29, 1.82) is 0 Å². The molecule has 0 saturated heterocycles. The first-order chi connectivity index (χ1) is 9.15. The highest BCUT2D eigenvalue weighted by molar-refractivity contribution is 6.30. The van der Waals surface area contributed by atoms with E-state index in [1.54, 1.807) is 12.1 Å². The molecule has 0 aromatic heterocycles. The monoisotopic (exact) mass is 295 g/mol. The lowest BCUT2D eigenvalue weighted by Crippen LogP contribution is -2.20. The van der Waals surface area contributed by atoms with E-state index in [-0.39, 0.29) is 0 Å². The Morgan fingerprint density at radius 2 is 1.42 bits per heavy atom. The van der Waals surface area contributed by atoms with Gasteiger partial charge in [-0.15, -0.1) is 0 Å². The molecule has 0 saturated carbocycles. The molecular weight excluding hydrogens is 281 g/mol. The second kappa shape index (κ2) is 6.92. The van der Waals surface area contributed by atoms with E-state index in [4.69, 9.17) is 23.2 Å². The van der Waals surface area contributed by atoms with Crippen LogP contribution in [0.25, 0.3) is 0 Å². The van der Waals surface area contributed by atoms with Crippen molar-refractivity contribution in [1.82, 2.24) is 5.32 Å². The summed E-state index contributed by atoms with van der Waals surface area (Å²) >= 11 is 11.6. The molecule has 2 aromatic carbocycles. The van der Waals surface area contributed by atoms with Crippen LogP contribution in [0.4, 0.5) is 0 Å². The third-order valence-corrected chi connectivity index (χ3v) is 3.34. The van der Waals surface area contributed by atoms with Gasteiger partial charge in [-0.3, -0.25) is 0 Å². The molecule has 0 heterocycles. The number of hydrogen-bond acceptors (Lipinski definition) is 2. The summed E-state index contributed by atoms with van der Waals surface area (Å²) in [7, 11) is 0. The number of halogens is 2. The molecule has 2 N–H and O–H groups in total. The van der Waals surface area contributed by atoms with Crippen molar-refractivity contribution in [3.8, 4) is 0 Å². The van der Waals surface area contributed by atoms with Crippen LogP contribution >= 0.6 is 23.2 Å². The van der Waals surface area contributed by atoms with Crippen LogP contribution < -0.4 is 5.32 Å². The standard InChI is InChI=1S/C15H15Cl2NO/c16-13-5-1-11(2-6-13)9-18-10-15(19)12-3-7-14(17)8-4-12/h1-8,15,18-19H,9-10H2. The molecule has 0 bridgehead atoms. The molecule has 1 atom stereocenters. The summed E-state index contributed by atoms with van der Waals surface area (Å²) in [5.41, 5.74) is 1.99. The highest BCUT2D eigenvalue weighted by Crippen LogP contribution is 2.16. The quantitative estimate of drug-likeness (QED) is 0.879. The Labute approximate surface area is 123 Å². The van der Waals surface area contributed by atoms with Gasteiger partial charge < -0.3 is 10.4 Å². The third-order valence-electron chi connectivity index (χ3n) is 2.83. The van der Waals surface area contributed by atoms with Gasteiger partial charge in [0, 0.05) is 23.1 Å². The first-order valence-electron chi connectivity index (χ1n) is 6.04. The average molecular weight is 296 g/mol. The molecule has 0 aliphatic rings. The van der Waals surface area contributed by atoms with Gasteiger partial charge in [-0.2, -0.15) is 0 Å². The Bertz CT molecular complexity index is 511. The lowest BCUT2D eigenvalue weighted by Gasteiger charge is -2.12. The van der Waals surface area contributed by atoms with Gasteiger partial charge in [0.05, 0.1) is 6.10 Å². The van der Waals surface area contributed by atoms with Crippen LogP contribution in [0.1, 0.15) is 17.2 Å². The SMILES string of the molecule is OC(CNCc1ccc(Cl)cc1)c1ccc(Cl)cc1. The van der Waals surface area contributed by atoms with Gasteiger partial charge in [0.25, 0.3) is 0 Å². The molecule has 19 heavy (non-hydrogen) atoms. The molecule has 0 radical (unpaired) electrons. The molecule has 0 aliphatic heterocycles. The van der Waals surface area contributed by atoms with Crippen molar-refractivity contribution in [2.75, 3.05) is 6.54 Å². The first kappa shape index (κ1) is 14.4. The van der Waals surface area contributed by atoms with Crippen LogP contribution in [-0.2, 0) is 6.54 Å². The molecule has 4 heteroatoms. The fraction of sp³-hybridized carbons (Fsp3) is 0.200. The zero-order valence-corrected chi connectivity index (χ0v) is 11.8. The molecule has 0 aliphatic carbocycles. The highest BCUT2D eigenvalue weighted by atomic mass is 35.5. The summed E-state index contributed by atoms with van der Waals surface area (Å²) in [6.45, 7) is 1.19. The number of aliphatic hydroxyl groups is 1. The van der Waals surface area contributed by atoms with Crippen molar-refractivity contribution in [2.45, 2.75) is 12.6 Å². The summed E-state index contributed by atoms with van der Waals surface area (Å²) in [4.78, 5) is 0. The number of benzene rings is 2. The molecule has 0 spiro atoms. The zero-order chi connectivity index (χ0) is 13.7. The minimum atomic E-state index is -0.537. The minimum Gasteiger partial charge on any atom is -0.387 e. The summed E-state index contributed by atoms with van der Waals surface area (Å²) in [6, 6.07) is 14.9. The topological polar surface area (TPSA) is 32.3 Å². The van der Waals surface area contributed by atoms with Gasteiger partial charge >= 0.3 is 0 Å². The smallest absolute Gasteiger partial charge is 0.0914 e. The maximum atomic E-state index is 10.0. The number of nitrogens with one attached hydrogen (secondary N) is 1. The van der Waals surface area contributed by atoms with Gasteiger partial charge in [-0.05, 0) is 35.4 Å². The van der Waals surface area contributed by atoms with Crippen LogP contribution in [-0.4, -0.2) is 11.7 Å². The fourth-order valence-electron chi connectivity index (χ4n) is 1.76. The summed E-state index contributed by atoms with van der Waals surface area (Å²) in [5, 5.41) is 14.6. The van der Waals surface area contributed by atoms with Gasteiger partial charge in [0.2, 0.25) is 0 Å². The van der Waals surface area contributed by atoms with E-state index in [1.807, 2.05) is 36.4 Å². The molecule has 2 aromatic rings. The van der Waals surface area contributed by atoms with Crippen molar-refractivity contribution < 1.29 is 5.11 Å². The number of hydrogen-bond donors (Lipinski definition) is 2. The molecule has 1 unspecified atom stereocenters. The fourth-order valence-corrected chi connectivity index (χ4v) is 2.01. The first-order valence-corrected chi connectivity index (χ1v) is 6.79. The maximum Gasteiger partial charge on any atom is 0.0914 e. The Kier molecular flexibility index (Phi) is 5.23. The molecule has 0 amide bonds. The van der Waals surface area contributed by atoms with Crippen molar-refractivity contribution in [3.05, 3.63) is 69.7 Å². The minimum absolute atomic E-state index is 0.490. The van der Waals surface area contributed by atoms with E-state index < -0.39 is 6.10 Å². The Balaban J connectivity index is 1.82. The van der Waals surface area contributed by atoms with Crippen LogP contribution in [0.15, 0.2) is 48.5 Å². The van der Waals surface area contributed by atoms with Crippen molar-refractivity contribution >= 4 is 23.2 Å². The van der Waals surface area contributed by atoms with E-state index in [1.165, 1.54) is 0 Å². The van der Waals surface area contributed by atoms with E-state index in [0.29, 0.717) is 18.1 Å². The van der Waals surface area contributed by atoms with Gasteiger partial charge in [0.15, 0.2) is 0 Å². The van der Waals surface area contributed by atoms with E-state index in [0.717, 1.165) is 16.1 Å². The van der Waals surface area contributed by atoms with Gasteiger partial charge in [0.1, 0.15) is 0 Å². The van der Waals surface area contributed by atoms with E-state index in [2.05, 4.69) is 5.32 Å². The van der Waals surface area contributed by atoms with Crippen molar-refractivity contribution in [3.63, 3.8) is 0 Å². The molecule has 2 nitrogen and oxygen atoms in total. The van der Waals surface area contributed by atoms with Crippen LogP contribution in [0.3, 0.4) is 0 Å². The normalized spacial score (nSPS) is 12.4. The van der Waals surface area contributed by atoms with E-state index >= 15 is 0 Å². The lowest BCUT2D eigenvalue weighted by atomic mass is 10.1. The summed E-state index contributed by atoms with van der Waals surface area (Å²) in [6.07, 6.45) is -0.537. The van der Waals surface area contributed by atoms with Gasteiger partial charge in [-0.1, -0.05) is 47.5 Å². The lowest BCUT2D eigenvalue weighted by molar-refractivity contribution is 0.174. The molecule has 0 fully saturated rings. The third kappa shape index (κ3) is 4.51.